The van der Waals surface area contributed by atoms with Gasteiger partial charge in [0.05, 0.1) is 6.54 Å². The summed E-state index contributed by atoms with van der Waals surface area (Å²) in [6.07, 6.45) is 1.14. The van der Waals surface area contributed by atoms with E-state index in [4.69, 9.17) is 0 Å². The molecule has 1 heterocycles. The zero-order valence-corrected chi connectivity index (χ0v) is 8.31. The number of amides is 1. The van der Waals surface area contributed by atoms with Crippen molar-refractivity contribution in [1.29, 1.82) is 0 Å². The lowest BCUT2D eigenvalue weighted by molar-refractivity contribution is -0.122. The number of carbonyl (C=O) groups excluding carboxylic acids is 1. The lowest BCUT2D eigenvalue weighted by atomic mass is 10.4. The number of hydrogen-bond donors (Lipinski definition) is 2. The van der Waals surface area contributed by atoms with E-state index in [9.17, 15) is 4.79 Å². The minimum Gasteiger partial charge on any atom is -0.355 e. The van der Waals surface area contributed by atoms with Gasteiger partial charge in [-0.25, -0.2) is 0 Å². The van der Waals surface area contributed by atoms with Crippen molar-refractivity contribution in [2.24, 2.45) is 0 Å². The van der Waals surface area contributed by atoms with Gasteiger partial charge in [-0.2, -0.15) is 0 Å². The SMILES string of the molecule is CCNC(=O)CN1CCCNCC1. The summed E-state index contributed by atoms with van der Waals surface area (Å²) in [5.74, 6) is 0.143. The molecule has 0 aromatic rings. The molecule has 1 rings (SSSR count). The Labute approximate surface area is 79.7 Å². The first-order chi connectivity index (χ1) is 6.33. The van der Waals surface area contributed by atoms with E-state index in [1.54, 1.807) is 0 Å². The van der Waals surface area contributed by atoms with Crippen molar-refractivity contribution >= 4 is 5.91 Å². The van der Waals surface area contributed by atoms with Crippen LogP contribution in [0.15, 0.2) is 0 Å². The van der Waals surface area contributed by atoms with Crippen LogP contribution in [0.2, 0.25) is 0 Å². The molecule has 0 radical (unpaired) electrons. The molecule has 4 heteroatoms. The van der Waals surface area contributed by atoms with E-state index in [0.717, 1.165) is 39.1 Å². The quantitative estimate of drug-likeness (QED) is 0.618. The molecule has 0 spiro atoms. The molecule has 0 aromatic carbocycles. The maximum Gasteiger partial charge on any atom is 0.234 e. The van der Waals surface area contributed by atoms with Crippen molar-refractivity contribution in [3.63, 3.8) is 0 Å². The Bertz CT molecular complexity index is 153. The zero-order valence-electron chi connectivity index (χ0n) is 8.31. The molecule has 1 aliphatic heterocycles. The lowest BCUT2D eigenvalue weighted by Gasteiger charge is -2.18. The predicted octanol–water partition coefficient (Wildman–Crippen LogP) is -0.582. The molecule has 1 fully saturated rings. The van der Waals surface area contributed by atoms with Gasteiger partial charge < -0.3 is 10.6 Å². The average molecular weight is 185 g/mol. The summed E-state index contributed by atoms with van der Waals surface area (Å²) >= 11 is 0. The van der Waals surface area contributed by atoms with Crippen molar-refractivity contribution in [1.82, 2.24) is 15.5 Å². The van der Waals surface area contributed by atoms with Gasteiger partial charge in [-0.3, -0.25) is 9.69 Å². The molecule has 0 saturated carbocycles. The van der Waals surface area contributed by atoms with E-state index in [0.29, 0.717) is 6.54 Å². The van der Waals surface area contributed by atoms with Gasteiger partial charge in [-0.05, 0) is 26.4 Å². The van der Waals surface area contributed by atoms with E-state index in [1.165, 1.54) is 0 Å². The van der Waals surface area contributed by atoms with Crippen LogP contribution in [0.4, 0.5) is 0 Å². The number of nitrogens with zero attached hydrogens (tertiary/aromatic N) is 1. The Morgan fingerprint density at radius 2 is 2.31 bits per heavy atom. The molecule has 1 saturated heterocycles. The van der Waals surface area contributed by atoms with Crippen LogP contribution in [0, 0.1) is 0 Å². The summed E-state index contributed by atoms with van der Waals surface area (Å²) < 4.78 is 0. The number of likely N-dealkylation sites (N-methyl/N-ethyl adjacent to an activating group) is 1. The molecule has 0 aromatic heterocycles. The van der Waals surface area contributed by atoms with Gasteiger partial charge in [0.2, 0.25) is 5.91 Å². The molecule has 0 bridgehead atoms. The molecular formula is C9H19N3O. The van der Waals surface area contributed by atoms with Gasteiger partial charge >= 0.3 is 0 Å². The summed E-state index contributed by atoms with van der Waals surface area (Å²) in [5.41, 5.74) is 0. The smallest absolute Gasteiger partial charge is 0.234 e. The van der Waals surface area contributed by atoms with Crippen molar-refractivity contribution < 1.29 is 4.79 Å². The Hall–Kier alpha value is -0.610. The highest BCUT2D eigenvalue weighted by Crippen LogP contribution is 1.93. The van der Waals surface area contributed by atoms with Crippen LogP contribution < -0.4 is 10.6 Å². The van der Waals surface area contributed by atoms with Gasteiger partial charge in [0.1, 0.15) is 0 Å². The third kappa shape index (κ3) is 4.24. The summed E-state index contributed by atoms with van der Waals surface area (Å²) in [6, 6.07) is 0. The van der Waals surface area contributed by atoms with Crippen LogP contribution in [-0.4, -0.2) is 50.1 Å². The maximum absolute atomic E-state index is 11.3. The second-order valence-corrected chi connectivity index (χ2v) is 3.33. The summed E-state index contributed by atoms with van der Waals surface area (Å²) in [7, 11) is 0. The molecule has 1 amide bonds. The first-order valence-corrected chi connectivity index (χ1v) is 5.02. The third-order valence-corrected chi connectivity index (χ3v) is 2.17. The van der Waals surface area contributed by atoms with Crippen LogP contribution in [0.5, 0.6) is 0 Å². The number of hydrogen-bond acceptors (Lipinski definition) is 3. The number of rotatable bonds is 3. The van der Waals surface area contributed by atoms with Crippen molar-refractivity contribution in [2.45, 2.75) is 13.3 Å². The Morgan fingerprint density at radius 3 is 3.08 bits per heavy atom. The van der Waals surface area contributed by atoms with Gasteiger partial charge in [0.15, 0.2) is 0 Å². The number of nitrogens with one attached hydrogen (secondary N) is 2. The van der Waals surface area contributed by atoms with Gasteiger partial charge in [-0.15, -0.1) is 0 Å². The fourth-order valence-corrected chi connectivity index (χ4v) is 1.52. The number of carbonyl (C=O) groups is 1. The first-order valence-electron chi connectivity index (χ1n) is 5.02. The normalized spacial score (nSPS) is 19.5. The molecule has 2 N–H and O–H groups in total. The minimum atomic E-state index is 0.143. The highest BCUT2D eigenvalue weighted by atomic mass is 16.2. The summed E-state index contributed by atoms with van der Waals surface area (Å²) in [5, 5.41) is 6.12. The Morgan fingerprint density at radius 1 is 1.46 bits per heavy atom. The topological polar surface area (TPSA) is 44.4 Å². The fourth-order valence-electron chi connectivity index (χ4n) is 1.52. The van der Waals surface area contributed by atoms with Crippen molar-refractivity contribution in [3.8, 4) is 0 Å². The first kappa shape index (κ1) is 10.5. The second-order valence-electron chi connectivity index (χ2n) is 3.33. The van der Waals surface area contributed by atoms with E-state index in [-0.39, 0.29) is 5.91 Å². The van der Waals surface area contributed by atoms with Crippen LogP contribution in [0.3, 0.4) is 0 Å². The lowest BCUT2D eigenvalue weighted by Crippen LogP contribution is -2.38. The van der Waals surface area contributed by atoms with Crippen LogP contribution in [-0.2, 0) is 4.79 Å². The van der Waals surface area contributed by atoms with E-state index < -0.39 is 0 Å². The Kier molecular flexibility index (Phi) is 4.78. The van der Waals surface area contributed by atoms with Gasteiger partial charge in [-0.1, -0.05) is 0 Å². The van der Waals surface area contributed by atoms with E-state index in [2.05, 4.69) is 15.5 Å². The average Bonchev–Trinajstić information content (AvgIpc) is 2.33. The second kappa shape index (κ2) is 5.94. The van der Waals surface area contributed by atoms with E-state index >= 15 is 0 Å². The van der Waals surface area contributed by atoms with Crippen molar-refractivity contribution in [2.75, 3.05) is 39.3 Å². The molecule has 13 heavy (non-hydrogen) atoms. The van der Waals surface area contributed by atoms with Crippen molar-refractivity contribution in [3.05, 3.63) is 0 Å². The third-order valence-electron chi connectivity index (χ3n) is 2.17. The summed E-state index contributed by atoms with van der Waals surface area (Å²) in [6.45, 7) is 7.31. The molecule has 76 valence electrons. The Balaban J connectivity index is 2.21. The maximum atomic E-state index is 11.3. The molecule has 0 atom stereocenters. The monoisotopic (exact) mass is 185 g/mol. The molecule has 0 unspecified atom stereocenters. The predicted molar refractivity (Wildman–Crippen MR) is 52.6 cm³/mol. The van der Waals surface area contributed by atoms with Crippen LogP contribution >= 0.6 is 0 Å². The van der Waals surface area contributed by atoms with E-state index in [1.807, 2.05) is 6.92 Å². The van der Waals surface area contributed by atoms with Gasteiger partial charge in [0, 0.05) is 19.6 Å². The highest BCUT2D eigenvalue weighted by Gasteiger charge is 2.11. The highest BCUT2D eigenvalue weighted by molar-refractivity contribution is 5.77. The summed E-state index contributed by atoms with van der Waals surface area (Å²) in [4.78, 5) is 13.4. The van der Waals surface area contributed by atoms with Gasteiger partial charge in [0.25, 0.3) is 0 Å². The van der Waals surface area contributed by atoms with Crippen LogP contribution in [0.25, 0.3) is 0 Å². The zero-order chi connectivity index (χ0) is 9.52. The molecule has 0 aliphatic carbocycles. The standard InChI is InChI=1S/C9H19N3O/c1-2-11-9(13)8-12-6-3-4-10-5-7-12/h10H,2-8H2,1H3,(H,11,13). The molecule has 4 nitrogen and oxygen atoms in total. The minimum absolute atomic E-state index is 0.143. The molecular weight excluding hydrogens is 166 g/mol. The van der Waals surface area contributed by atoms with Crippen LogP contribution in [0.1, 0.15) is 13.3 Å². The largest absolute Gasteiger partial charge is 0.355 e. The molecule has 1 aliphatic rings. The fraction of sp³-hybridized carbons (Fsp3) is 0.889.